The zero-order valence-electron chi connectivity index (χ0n) is 26.7. The SMILES string of the molecule is CCCCCCCCCC[C@@H](O)[C@H]1CC[C@H]([C@H]2CC[C@H]([C@H](O)CCCCCCCC[C@H](O)CC3=C[C@@H](C)OC3=O)O2)O1. The highest BCUT2D eigenvalue weighted by Crippen LogP contribution is 2.34. The van der Waals surface area contributed by atoms with Gasteiger partial charge in [-0.3, -0.25) is 0 Å². The predicted molar refractivity (Wildman–Crippen MR) is 166 cm³/mol. The fourth-order valence-corrected chi connectivity index (χ4v) is 6.93. The number of aliphatic hydroxyl groups is 3. The summed E-state index contributed by atoms with van der Waals surface area (Å²) in [5.41, 5.74) is 0.606. The second-order valence-corrected chi connectivity index (χ2v) is 13.3. The summed E-state index contributed by atoms with van der Waals surface area (Å²) in [6.07, 6.45) is 23.2. The number of hydrogen-bond donors (Lipinski definition) is 3. The van der Waals surface area contributed by atoms with Crippen LogP contribution in [0.5, 0.6) is 0 Å². The Hall–Kier alpha value is -0.990. The second kappa shape index (κ2) is 20.1. The minimum atomic E-state index is -0.482. The van der Waals surface area contributed by atoms with E-state index in [9.17, 15) is 20.1 Å². The van der Waals surface area contributed by atoms with Gasteiger partial charge in [-0.2, -0.15) is 0 Å². The smallest absolute Gasteiger partial charge is 0.334 e. The van der Waals surface area contributed by atoms with E-state index in [0.717, 1.165) is 83.5 Å². The first kappa shape index (κ1) is 35.5. The average molecular weight is 595 g/mol. The lowest BCUT2D eigenvalue weighted by Crippen LogP contribution is -2.33. The van der Waals surface area contributed by atoms with Gasteiger partial charge in [0.05, 0.1) is 42.7 Å². The van der Waals surface area contributed by atoms with Crippen molar-refractivity contribution in [3.63, 3.8) is 0 Å². The maximum Gasteiger partial charge on any atom is 0.334 e. The molecular weight excluding hydrogens is 532 g/mol. The fourth-order valence-electron chi connectivity index (χ4n) is 6.93. The molecule has 0 saturated carbocycles. The van der Waals surface area contributed by atoms with E-state index >= 15 is 0 Å². The first-order chi connectivity index (χ1) is 20.4. The van der Waals surface area contributed by atoms with Crippen molar-refractivity contribution in [3.8, 4) is 0 Å². The molecule has 3 aliphatic heterocycles. The molecule has 42 heavy (non-hydrogen) atoms. The molecule has 0 bridgehead atoms. The predicted octanol–water partition coefficient (Wildman–Crippen LogP) is 7.08. The van der Waals surface area contributed by atoms with Crippen LogP contribution in [-0.4, -0.2) is 70.1 Å². The Morgan fingerprint density at radius 3 is 1.60 bits per heavy atom. The Morgan fingerprint density at radius 2 is 1.14 bits per heavy atom. The second-order valence-electron chi connectivity index (χ2n) is 13.3. The van der Waals surface area contributed by atoms with Gasteiger partial charge >= 0.3 is 5.97 Å². The Balaban J connectivity index is 1.16. The van der Waals surface area contributed by atoms with E-state index in [1.54, 1.807) is 6.08 Å². The van der Waals surface area contributed by atoms with Crippen molar-refractivity contribution in [1.82, 2.24) is 0 Å². The molecule has 0 aromatic heterocycles. The highest BCUT2D eigenvalue weighted by molar-refractivity contribution is 5.90. The summed E-state index contributed by atoms with van der Waals surface area (Å²) in [5.74, 6) is -0.290. The largest absolute Gasteiger partial charge is 0.455 e. The summed E-state index contributed by atoms with van der Waals surface area (Å²) in [4.78, 5) is 11.7. The van der Waals surface area contributed by atoms with E-state index in [0.29, 0.717) is 18.4 Å². The number of unbranched alkanes of at least 4 members (excludes halogenated alkanes) is 12. The molecule has 0 amide bonds. The van der Waals surface area contributed by atoms with Crippen LogP contribution in [0.2, 0.25) is 0 Å². The highest BCUT2D eigenvalue weighted by Gasteiger charge is 2.40. The quantitative estimate of drug-likeness (QED) is 0.0858. The van der Waals surface area contributed by atoms with Gasteiger partial charge in [0.15, 0.2) is 0 Å². The Kier molecular flexibility index (Phi) is 17.0. The third kappa shape index (κ3) is 12.9. The first-order valence-corrected chi connectivity index (χ1v) is 17.6. The summed E-state index contributed by atoms with van der Waals surface area (Å²) in [6, 6.07) is 0. The van der Waals surface area contributed by atoms with E-state index in [1.807, 2.05) is 6.92 Å². The minimum Gasteiger partial charge on any atom is -0.455 e. The van der Waals surface area contributed by atoms with Crippen LogP contribution in [0.25, 0.3) is 0 Å². The first-order valence-electron chi connectivity index (χ1n) is 17.6. The molecule has 3 rings (SSSR count). The lowest BCUT2D eigenvalue weighted by molar-refractivity contribution is -0.139. The van der Waals surface area contributed by atoms with Crippen molar-refractivity contribution in [2.75, 3.05) is 0 Å². The molecule has 3 heterocycles. The number of aliphatic hydroxyl groups excluding tert-OH is 3. The zero-order valence-corrected chi connectivity index (χ0v) is 26.7. The summed E-state index contributed by atoms with van der Waals surface area (Å²) in [6.45, 7) is 4.08. The summed E-state index contributed by atoms with van der Waals surface area (Å²) < 4.78 is 17.6. The van der Waals surface area contributed by atoms with E-state index in [-0.39, 0.29) is 42.6 Å². The Bertz CT molecular complexity index is 770. The molecule has 0 aromatic carbocycles. The molecule has 2 fully saturated rings. The van der Waals surface area contributed by atoms with Gasteiger partial charge in [0, 0.05) is 12.0 Å². The third-order valence-electron chi connectivity index (χ3n) is 9.53. The van der Waals surface area contributed by atoms with Crippen LogP contribution < -0.4 is 0 Å². The number of cyclic esters (lactones) is 1. The summed E-state index contributed by atoms with van der Waals surface area (Å²) in [5, 5.41) is 31.6. The maximum atomic E-state index is 11.7. The Labute approximate surface area is 255 Å². The van der Waals surface area contributed by atoms with Gasteiger partial charge in [-0.15, -0.1) is 0 Å². The number of esters is 1. The van der Waals surface area contributed by atoms with Gasteiger partial charge in [0.25, 0.3) is 0 Å². The van der Waals surface area contributed by atoms with Gasteiger partial charge in [-0.05, 0) is 57.9 Å². The molecule has 0 aromatic rings. The molecule has 8 atom stereocenters. The van der Waals surface area contributed by atoms with Crippen LogP contribution in [0.1, 0.15) is 155 Å². The van der Waals surface area contributed by atoms with Crippen LogP contribution in [0.15, 0.2) is 11.6 Å². The molecule has 7 heteroatoms. The number of rotatable bonds is 23. The molecule has 3 aliphatic rings. The number of hydrogen-bond acceptors (Lipinski definition) is 7. The van der Waals surface area contributed by atoms with E-state index in [4.69, 9.17) is 14.2 Å². The monoisotopic (exact) mass is 594 g/mol. The van der Waals surface area contributed by atoms with Crippen molar-refractivity contribution in [3.05, 3.63) is 11.6 Å². The van der Waals surface area contributed by atoms with Gasteiger partial charge in [0.2, 0.25) is 0 Å². The molecule has 244 valence electrons. The molecule has 3 N–H and O–H groups in total. The number of carbonyl (C=O) groups excluding carboxylic acids is 1. The molecule has 7 nitrogen and oxygen atoms in total. The van der Waals surface area contributed by atoms with Crippen LogP contribution in [0.3, 0.4) is 0 Å². The zero-order chi connectivity index (χ0) is 30.2. The lowest BCUT2D eigenvalue weighted by atomic mass is 10.00. The highest BCUT2D eigenvalue weighted by atomic mass is 16.6. The van der Waals surface area contributed by atoms with Crippen LogP contribution in [0.4, 0.5) is 0 Å². The van der Waals surface area contributed by atoms with Crippen molar-refractivity contribution in [2.24, 2.45) is 0 Å². The number of carbonyl (C=O) groups is 1. The number of ether oxygens (including phenoxy) is 3. The molecule has 0 radical (unpaired) electrons. The van der Waals surface area contributed by atoms with Crippen LogP contribution in [0, 0.1) is 0 Å². The molecule has 0 aliphatic carbocycles. The van der Waals surface area contributed by atoms with Crippen LogP contribution >= 0.6 is 0 Å². The minimum absolute atomic E-state index is 0.0410. The van der Waals surface area contributed by atoms with Crippen molar-refractivity contribution in [2.45, 2.75) is 204 Å². The topological polar surface area (TPSA) is 105 Å². The van der Waals surface area contributed by atoms with E-state index in [2.05, 4.69) is 6.92 Å². The molecule has 0 spiro atoms. The molecule has 0 unspecified atom stereocenters. The third-order valence-corrected chi connectivity index (χ3v) is 9.53. The van der Waals surface area contributed by atoms with Gasteiger partial charge in [-0.1, -0.05) is 96.8 Å². The normalized spacial score (nSPS) is 28.2. The van der Waals surface area contributed by atoms with Crippen molar-refractivity contribution < 1.29 is 34.3 Å². The lowest BCUT2D eigenvalue weighted by Gasteiger charge is -2.24. The summed E-state index contributed by atoms with van der Waals surface area (Å²) in [7, 11) is 0. The van der Waals surface area contributed by atoms with E-state index in [1.165, 1.54) is 44.9 Å². The maximum absolute atomic E-state index is 11.7. The van der Waals surface area contributed by atoms with Gasteiger partial charge in [-0.25, -0.2) is 4.79 Å². The summed E-state index contributed by atoms with van der Waals surface area (Å²) >= 11 is 0. The Morgan fingerprint density at radius 1 is 0.690 bits per heavy atom. The van der Waals surface area contributed by atoms with Gasteiger partial charge < -0.3 is 29.5 Å². The molecular formula is C35H62O7. The standard InChI is InChI=1S/C35H62O7/c1-3-4-5-6-7-8-12-15-18-29(37)31-20-22-33(41-31)34-23-21-32(42-34)30(38)19-16-13-10-9-11-14-17-28(36)25-27-24-26(2)40-35(27)39/h24,26,28-34,36-38H,3-23,25H2,1-2H3/t26-,28+,29-,30-,31-,32-,33-,34-/m1/s1. The molecule has 2 saturated heterocycles. The van der Waals surface area contributed by atoms with Crippen molar-refractivity contribution in [1.29, 1.82) is 0 Å². The van der Waals surface area contributed by atoms with Crippen molar-refractivity contribution >= 4 is 5.97 Å². The fraction of sp³-hybridized carbons (Fsp3) is 0.914. The van der Waals surface area contributed by atoms with E-state index < -0.39 is 12.2 Å². The van der Waals surface area contributed by atoms with Crippen LogP contribution in [-0.2, 0) is 19.0 Å². The average Bonchev–Trinajstić information content (AvgIpc) is 3.72. The van der Waals surface area contributed by atoms with Gasteiger partial charge in [0.1, 0.15) is 6.10 Å².